The van der Waals surface area contributed by atoms with Crippen LogP contribution < -0.4 is 9.50 Å². The first-order valence-corrected chi connectivity index (χ1v) is 10.4. The molecule has 0 aromatic heterocycles. The third-order valence-electron chi connectivity index (χ3n) is 2.92. The van der Waals surface area contributed by atoms with Gasteiger partial charge < -0.3 is 14.0 Å². The Bertz CT molecular complexity index is 895. The molecule has 10 heteroatoms. The largest absolute Gasteiger partial charge is 0.444 e. The predicted octanol–water partition coefficient (Wildman–Crippen LogP) is 3.46. The average molecular weight is 434 g/mol. The van der Waals surface area contributed by atoms with E-state index < -0.39 is 27.8 Å². The number of rotatable bonds is 6. The standard InChI is InChI=1S/C18H21NO6S2.Na/c1-18(2,3)24-17(21)19-13-5-4-6-16(11-13)26-15-9-7-14(8-10-15)25-27(22,23)12-20;/h4-11,20H,12H2,1-3H3,(H,19,21);. The van der Waals surface area contributed by atoms with Crippen LogP contribution in [0.25, 0.3) is 0 Å². The zero-order valence-electron chi connectivity index (χ0n) is 16.1. The number of nitrogens with one attached hydrogen (secondary N) is 1. The average Bonchev–Trinajstić information content (AvgIpc) is 2.55. The first-order valence-electron chi connectivity index (χ1n) is 7.97. The van der Waals surface area contributed by atoms with Crippen molar-refractivity contribution in [3.05, 3.63) is 48.5 Å². The summed E-state index contributed by atoms with van der Waals surface area (Å²) in [5.41, 5.74) is 0.0206. The number of ether oxygens (including phenoxy) is 1. The second-order valence-corrected chi connectivity index (χ2v) is 9.19. The smallest absolute Gasteiger partial charge is 0.412 e. The van der Waals surface area contributed by atoms with Crippen molar-refractivity contribution in [1.29, 1.82) is 0 Å². The maximum Gasteiger partial charge on any atom is 0.412 e. The molecular weight excluding hydrogens is 413 g/mol. The predicted molar refractivity (Wildman–Crippen MR) is 109 cm³/mol. The molecule has 7 nitrogen and oxygen atoms in total. The number of hydrogen-bond acceptors (Lipinski definition) is 7. The fourth-order valence-corrected chi connectivity index (χ4v) is 3.26. The molecule has 2 N–H and O–H groups in total. The number of aliphatic hydroxyl groups excluding tert-OH is 1. The van der Waals surface area contributed by atoms with Gasteiger partial charge in [-0.25, -0.2) is 4.79 Å². The topological polar surface area (TPSA) is 102 Å². The summed E-state index contributed by atoms with van der Waals surface area (Å²) >= 11 is 1.43. The van der Waals surface area contributed by atoms with Crippen LogP contribution in [-0.4, -0.2) is 60.7 Å². The van der Waals surface area contributed by atoms with Crippen molar-refractivity contribution in [2.24, 2.45) is 0 Å². The second kappa shape index (κ2) is 10.5. The molecule has 2 aromatic rings. The van der Waals surface area contributed by atoms with Gasteiger partial charge in [-0.1, -0.05) is 17.8 Å². The normalized spacial score (nSPS) is 11.3. The molecule has 0 aliphatic carbocycles. The summed E-state index contributed by atoms with van der Waals surface area (Å²) in [6.45, 7) is 5.37. The summed E-state index contributed by atoms with van der Waals surface area (Å²) in [7, 11) is -3.98. The van der Waals surface area contributed by atoms with Gasteiger partial charge in [0.05, 0.1) is 0 Å². The molecule has 0 bridgehead atoms. The van der Waals surface area contributed by atoms with Gasteiger partial charge in [0, 0.05) is 45.0 Å². The Balaban J connectivity index is 0.00000392. The molecule has 0 spiro atoms. The van der Waals surface area contributed by atoms with Crippen molar-refractivity contribution >= 4 is 63.2 Å². The van der Waals surface area contributed by atoms with Crippen molar-refractivity contribution in [2.45, 2.75) is 36.2 Å². The number of carbonyl (C=O) groups excluding carboxylic acids is 1. The van der Waals surface area contributed by atoms with Crippen LogP contribution in [0.2, 0.25) is 0 Å². The van der Waals surface area contributed by atoms with Gasteiger partial charge >= 0.3 is 16.2 Å². The van der Waals surface area contributed by atoms with Crippen LogP contribution in [0.1, 0.15) is 20.8 Å². The maximum absolute atomic E-state index is 11.9. The van der Waals surface area contributed by atoms with E-state index in [4.69, 9.17) is 14.0 Å². The Morgan fingerprint density at radius 3 is 2.32 bits per heavy atom. The fourth-order valence-electron chi connectivity index (χ4n) is 1.93. The van der Waals surface area contributed by atoms with Gasteiger partial charge in [0.15, 0.2) is 5.94 Å². The van der Waals surface area contributed by atoms with Gasteiger partial charge in [0.25, 0.3) is 0 Å². The summed E-state index contributed by atoms with van der Waals surface area (Å²) in [5, 5.41) is 11.4. The molecule has 0 aliphatic heterocycles. The monoisotopic (exact) mass is 434 g/mol. The SMILES string of the molecule is CC(C)(C)OC(=O)Nc1cccc(Sc2ccc(OS(=O)(=O)CO)cc2)c1.[Na]. The van der Waals surface area contributed by atoms with Gasteiger partial charge in [-0.3, -0.25) is 5.32 Å². The van der Waals surface area contributed by atoms with Crippen LogP contribution >= 0.6 is 11.8 Å². The van der Waals surface area contributed by atoms with Gasteiger partial charge in [-0.15, -0.1) is 0 Å². The van der Waals surface area contributed by atoms with Gasteiger partial charge in [0.1, 0.15) is 11.4 Å². The summed E-state index contributed by atoms with van der Waals surface area (Å²) in [6.07, 6.45) is -0.531. The zero-order valence-corrected chi connectivity index (χ0v) is 19.8. The van der Waals surface area contributed by atoms with Gasteiger partial charge in [0.2, 0.25) is 0 Å². The molecule has 0 aliphatic rings. The van der Waals surface area contributed by atoms with Gasteiger partial charge in [-0.05, 0) is 63.2 Å². The molecule has 1 radical (unpaired) electrons. The number of amides is 1. The zero-order chi connectivity index (χ0) is 20.1. The summed E-state index contributed by atoms with van der Waals surface area (Å²) in [5.74, 6) is -0.963. The third kappa shape index (κ3) is 8.85. The maximum atomic E-state index is 11.9. The molecule has 0 saturated carbocycles. The number of anilines is 1. The van der Waals surface area contributed by atoms with Gasteiger partial charge in [-0.2, -0.15) is 8.42 Å². The first-order chi connectivity index (χ1) is 12.6. The Hall–Kier alpha value is -1.23. The van der Waals surface area contributed by atoms with Crippen LogP contribution in [0, 0.1) is 0 Å². The van der Waals surface area contributed by atoms with Crippen molar-refractivity contribution in [2.75, 3.05) is 11.3 Å². The summed E-state index contributed by atoms with van der Waals surface area (Å²) in [4.78, 5) is 13.6. The molecule has 2 aromatic carbocycles. The van der Waals surface area contributed by atoms with E-state index in [9.17, 15) is 13.2 Å². The first kappa shape index (κ1) is 24.8. The van der Waals surface area contributed by atoms with E-state index >= 15 is 0 Å². The van der Waals surface area contributed by atoms with Crippen molar-refractivity contribution < 1.29 is 27.2 Å². The summed E-state index contributed by atoms with van der Waals surface area (Å²) in [6, 6.07) is 13.6. The fraction of sp³-hybridized carbons (Fsp3) is 0.278. The number of benzene rings is 2. The van der Waals surface area contributed by atoms with Crippen molar-refractivity contribution in [3.63, 3.8) is 0 Å². The minimum Gasteiger partial charge on any atom is -0.444 e. The minimum atomic E-state index is -3.98. The summed E-state index contributed by atoms with van der Waals surface area (Å²) < 4.78 is 32.4. The Kier molecular flexibility index (Phi) is 9.32. The molecular formula is C18H21NNaO6S2. The molecule has 147 valence electrons. The van der Waals surface area contributed by atoms with Crippen LogP contribution in [0.3, 0.4) is 0 Å². The quantitative estimate of drug-likeness (QED) is 0.530. The van der Waals surface area contributed by atoms with E-state index in [1.165, 1.54) is 23.9 Å². The number of hydrogen-bond donors (Lipinski definition) is 2. The van der Waals surface area contributed by atoms with Crippen molar-refractivity contribution in [3.8, 4) is 5.75 Å². The number of aliphatic hydroxyl groups is 1. The van der Waals surface area contributed by atoms with Crippen LogP contribution in [-0.2, 0) is 14.9 Å². The minimum absolute atomic E-state index is 0. The Morgan fingerprint density at radius 2 is 1.75 bits per heavy atom. The van der Waals surface area contributed by atoms with E-state index in [0.717, 1.165) is 9.79 Å². The molecule has 0 heterocycles. The molecule has 0 fully saturated rings. The van der Waals surface area contributed by atoms with E-state index in [1.807, 2.05) is 6.07 Å². The molecule has 0 saturated heterocycles. The van der Waals surface area contributed by atoms with Crippen LogP contribution in [0.4, 0.5) is 10.5 Å². The van der Waals surface area contributed by atoms with Crippen molar-refractivity contribution in [1.82, 2.24) is 0 Å². The molecule has 0 unspecified atom stereocenters. The molecule has 2 rings (SSSR count). The number of carbonyl (C=O) groups is 1. The third-order valence-corrected chi connectivity index (χ3v) is 4.68. The second-order valence-electron chi connectivity index (χ2n) is 6.50. The molecule has 28 heavy (non-hydrogen) atoms. The van der Waals surface area contributed by atoms with E-state index in [-0.39, 0.29) is 35.3 Å². The molecule has 1 amide bonds. The van der Waals surface area contributed by atoms with Crippen LogP contribution in [0.15, 0.2) is 58.3 Å². The van der Waals surface area contributed by atoms with E-state index in [1.54, 1.807) is 51.1 Å². The Labute approximate surface area is 191 Å². The van der Waals surface area contributed by atoms with E-state index in [0.29, 0.717) is 5.69 Å². The molecule has 0 atom stereocenters. The van der Waals surface area contributed by atoms with E-state index in [2.05, 4.69) is 5.32 Å². The Morgan fingerprint density at radius 1 is 1.11 bits per heavy atom. The van der Waals surface area contributed by atoms with Crippen LogP contribution in [0.5, 0.6) is 5.75 Å².